The molecule has 0 spiro atoms. The largest absolute Gasteiger partial charge is 0.479 e. The minimum atomic E-state index is -0.769. The molecular weight excluding hydrogens is 332 g/mol. The molecule has 0 bridgehead atoms. The highest BCUT2D eigenvalue weighted by Crippen LogP contribution is 2.36. The van der Waals surface area contributed by atoms with Crippen LogP contribution in [0.25, 0.3) is 0 Å². The number of para-hydroxylation sites is 1. The maximum absolute atomic E-state index is 12.7. The van der Waals surface area contributed by atoms with Crippen molar-refractivity contribution in [1.82, 2.24) is 0 Å². The first-order valence-electron chi connectivity index (χ1n) is 8.39. The normalized spacial score (nSPS) is 17.1. The van der Waals surface area contributed by atoms with Gasteiger partial charge in [-0.25, -0.2) is 0 Å². The van der Waals surface area contributed by atoms with Crippen LogP contribution in [0.1, 0.15) is 31.1 Å². The smallest absolute Gasteiger partial charge is 0.268 e. The minimum Gasteiger partial charge on any atom is -0.479 e. The van der Waals surface area contributed by atoms with E-state index in [1.54, 1.807) is 44.2 Å². The molecule has 0 aromatic heterocycles. The number of benzene rings is 2. The summed E-state index contributed by atoms with van der Waals surface area (Å²) in [6, 6.07) is 13.2. The molecular formula is C20H20N2O4. The molecule has 0 radical (unpaired) electrons. The lowest BCUT2D eigenvalue weighted by Crippen LogP contribution is -2.52. The SMILES string of the molecule is CC(=O)c1ccc2c(c1)N(C(C)C(=O)Nc1ccccc1)C(=O)C(C)O2. The van der Waals surface area contributed by atoms with Crippen molar-refractivity contribution >= 4 is 29.0 Å². The van der Waals surface area contributed by atoms with Gasteiger partial charge in [0, 0.05) is 11.3 Å². The van der Waals surface area contributed by atoms with E-state index in [1.807, 2.05) is 18.2 Å². The number of nitrogens with one attached hydrogen (secondary N) is 1. The van der Waals surface area contributed by atoms with E-state index in [2.05, 4.69) is 5.32 Å². The fourth-order valence-electron chi connectivity index (χ4n) is 2.86. The number of hydrogen-bond donors (Lipinski definition) is 1. The molecule has 1 heterocycles. The summed E-state index contributed by atoms with van der Waals surface area (Å²) in [4.78, 5) is 38.5. The fraction of sp³-hybridized carbons (Fsp3) is 0.250. The molecule has 1 aliphatic heterocycles. The number of ether oxygens (including phenoxy) is 1. The molecule has 2 unspecified atom stereocenters. The molecule has 2 aromatic rings. The predicted octanol–water partition coefficient (Wildman–Crippen LogP) is 3.03. The van der Waals surface area contributed by atoms with Gasteiger partial charge in [-0.15, -0.1) is 0 Å². The lowest BCUT2D eigenvalue weighted by molar-refractivity contribution is -0.128. The molecule has 3 rings (SSSR count). The molecule has 6 nitrogen and oxygen atoms in total. The molecule has 2 aromatic carbocycles. The summed E-state index contributed by atoms with van der Waals surface area (Å²) in [5, 5.41) is 2.80. The highest BCUT2D eigenvalue weighted by atomic mass is 16.5. The molecule has 2 amide bonds. The second-order valence-corrected chi connectivity index (χ2v) is 6.24. The van der Waals surface area contributed by atoms with Gasteiger partial charge in [-0.05, 0) is 51.1 Å². The van der Waals surface area contributed by atoms with Gasteiger partial charge >= 0.3 is 0 Å². The minimum absolute atomic E-state index is 0.125. The molecule has 2 atom stereocenters. The van der Waals surface area contributed by atoms with Gasteiger partial charge in [0.2, 0.25) is 5.91 Å². The van der Waals surface area contributed by atoms with Crippen LogP contribution in [0, 0.1) is 0 Å². The number of carbonyl (C=O) groups excluding carboxylic acids is 3. The Morgan fingerprint density at radius 1 is 1.15 bits per heavy atom. The van der Waals surface area contributed by atoms with Crippen LogP contribution >= 0.6 is 0 Å². The zero-order valence-electron chi connectivity index (χ0n) is 14.9. The summed E-state index contributed by atoms with van der Waals surface area (Å²) in [5.41, 5.74) is 1.53. The lowest BCUT2D eigenvalue weighted by Gasteiger charge is -2.36. The Morgan fingerprint density at radius 3 is 2.50 bits per heavy atom. The predicted molar refractivity (Wildman–Crippen MR) is 98.6 cm³/mol. The summed E-state index contributed by atoms with van der Waals surface area (Å²) in [7, 11) is 0. The summed E-state index contributed by atoms with van der Waals surface area (Å²) in [6.45, 7) is 4.74. The Balaban J connectivity index is 1.94. The number of nitrogens with zero attached hydrogens (tertiary/aromatic N) is 1. The van der Waals surface area contributed by atoms with Crippen molar-refractivity contribution in [2.45, 2.75) is 32.9 Å². The van der Waals surface area contributed by atoms with E-state index < -0.39 is 12.1 Å². The van der Waals surface area contributed by atoms with Crippen LogP contribution in [0.5, 0.6) is 5.75 Å². The molecule has 0 fully saturated rings. The van der Waals surface area contributed by atoms with Crippen molar-refractivity contribution in [3.63, 3.8) is 0 Å². The van der Waals surface area contributed by atoms with Gasteiger partial charge in [0.1, 0.15) is 11.8 Å². The molecule has 0 saturated carbocycles. The van der Waals surface area contributed by atoms with Gasteiger partial charge in [0.05, 0.1) is 5.69 Å². The van der Waals surface area contributed by atoms with Crippen molar-refractivity contribution in [3.8, 4) is 5.75 Å². The first kappa shape index (κ1) is 17.7. The Labute approximate surface area is 151 Å². The van der Waals surface area contributed by atoms with Crippen LogP contribution in [0.15, 0.2) is 48.5 Å². The second-order valence-electron chi connectivity index (χ2n) is 6.24. The van der Waals surface area contributed by atoms with Crippen LogP contribution in [0.2, 0.25) is 0 Å². The molecule has 1 N–H and O–H groups in total. The molecule has 0 aliphatic carbocycles. The summed E-state index contributed by atoms with van der Waals surface area (Å²) < 4.78 is 5.62. The van der Waals surface area contributed by atoms with Crippen LogP contribution < -0.4 is 15.0 Å². The Bertz CT molecular complexity index is 863. The van der Waals surface area contributed by atoms with Gasteiger partial charge < -0.3 is 10.1 Å². The zero-order chi connectivity index (χ0) is 18.8. The van der Waals surface area contributed by atoms with E-state index in [0.717, 1.165) is 0 Å². The molecule has 134 valence electrons. The topological polar surface area (TPSA) is 75.7 Å². The number of carbonyl (C=O) groups is 3. The van der Waals surface area contributed by atoms with E-state index in [-0.39, 0.29) is 17.6 Å². The van der Waals surface area contributed by atoms with Crippen molar-refractivity contribution in [2.24, 2.45) is 0 Å². The van der Waals surface area contributed by atoms with Crippen LogP contribution in [0.4, 0.5) is 11.4 Å². The van der Waals surface area contributed by atoms with E-state index in [0.29, 0.717) is 22.7 Å². The third-order valence-corrected chi connectivity index (χ3v) is 4.32. The monoisotopic (exact) mass is 352 g/mol. The highest BCUT2D eigenvalue weighted by molar-refractivity contribution is 6.08. The third kappa shape index (κ3) is 3.31. The van der Waals surface area contributed by atoms with E-state index in [9.17, 15) is 14.4 Å². The standard InChI is InChI=1S/C20H20N2O4/c1-12(19(24)21-16-7-5-4-6-8-16)22-17-11-15(13(2)23)9-10-18(17)26-14(3)20(22)25/h4-12,14H,1-3H3,(H,21,24). The molecule has 6 heteroatoms. The van der Waals surface area contributed by atoms with Crippen LogP contribution in [-0.2, 0) is 9.59 Å². The number of amides is 2. The molecule has 26 heavy (non-hydrogen) atoms. The van der Waals surface area contributed by atoms with Crippen LogP contribution in [0.3, 0.4) is 0 Å². The van der Waals surface area contributed by atoms with Crippen molar-refractivity contribution in [3.05, 3.63) is 54.1 Å². The Kier molecular flexibility index (Phi) is 4.75. The van der Waals surface area contributed by atoms with Gasteiger partial charge in [0.25, 0.3) is 5.91 Å². The third-order valence-electron chi connectivity index (χ3n) is 4.32. The van der Waals surface area contributed by atoms with Gasteiger partial charge in [0.15, 0.2) is 11.9 Å². The number of Topliss-reactive ketones (excluding diaryl/α,β-unsaturated/α-hetero) is 1. The number of anilines is 2. The van der Waals surface area contributed by atoms with Crippen molar-refractivity contribution < 1.29 is 19.1 Å². The maximum atomic E-state index is 12.7. The van der Waals surface area contributed by atoms with E-state index in [1.165, 1.54) is 11.8 Å². The van der Waals surface area contributed by atoms with Crippen molar-refractivity contribution in [2.75, 3.05) is 10.2 Å². The molecule has 0 saturated heterocycles. The quantitative estimate of drug-likeness (QED) is 0.858. The molecule has 1 aliphatic rings. The van der Waals surface area contributed by atoms with Crippen molar-refractivity contribution in [1.29, 1.82) is 0 Å². The maximum Gasteiger partial charge on any atom is 0.268 e. The zero-order valence-corrected chi connectivity index (χ0v) is 14.9. The van der Waals surface area contributed by atoms with Gasteiger partial charge in [-0.1, -0.05) is 18.2 Å². The average Bonchev–Trinajstić information content (AvgIpc) is 2.62. The number of ketones is 1. The summed E-state index contributed by atoms with van der Waals surface area (Å²) in [6.07, 6.45) is -0.711. The van der Waals surface area contributed by atoms with Crippen LogP contribution in [-0.4, -0.2) is 29.7 Å². The average molecular weight is 352 g/mol. The fourth-order valence-corrected chi connectivity index (χ4v) is 2.86. The first-order valence-corrected chi connectivity index (χ1v) is 8.39. The highest BCUT2D eigenvalue weighted by Gasteiger charge is 2.37. The summed E-state index contributed by atoms with van der Waals surface area (Å²) >= 11 is 0. The summed E-state index contributed by atoms with van der Waals surface area (Å²) in [5.74, 6) is -0.298. The van der Waals surface area contributed by atoms with Gasteiger partial charge in [-0.3, -0.25) is 19.3 Å². The lowest BCUT2D eigenvalue weighted by atomic mass is 10.1. The first-order chi connectivity index (χ1) is 12.4. The Morgan fingerprint density at radius 2 is 1.85 bits per heavy atom. The van der Waals surface area contributed by atoms with Gasteiger partial charge in [-0.2, -0.15) is 0 Å². The second kappa shape index (κ2) is 7.00. The Hall–Kier alpha value is -3.15. The van der Waals surface area contributed by atoms with E-state index >= 15 is 0 Å². The number of fused-ring (bicyclic) bond motifs is 1. The van der Waals surface area contributed by atoms with E-state index in [4.69, 9.17) is 4.74 Å². The number of rotatable bonds is 4. The number of hydrogen-bond acceptors (Lipinski definition) is 4.